The van der Waals surface area contributed by atoms with E-state index in [2.05, 4.69) is 10.6 Å². The van der Waals surface area contributed by atoms with Gasteiger partial charge in [0.1, 0.15) is 6.10 Å². The van der Waals surface area contributed by atoms with Gasteiger partial charge in [-0.05, 0) is 19.3 Å². The largest absolute Gasteiger partial charge is 0.366 e. The summed E-state index contributed by atoms with van der Waals surface area (Å²) >= 11 is 0. The number of nitrogens with two attached hydrogens (primary N) is 1. The molecule has 2 heterocycles. The Balaban J connectivity index is 1.88. The molecule has 0 aromatic rings. The van der Waals surface area contributed by atoms with Crippen molar-refractivity contribution >= 4 is 11.8 Å². The first-order valence-corrected chi connectivity index (χ1v) is 7.82. The molecule has 0 aromatic heterocycles. The van der Waals surface area contributed by atoms with Crippen molar-refractivity contribution in [1.29, 1.82) is 0 Å². The van der Waals surface area contributed by atoms with E-state index in [-0.39, 0.29) is 24.0 Å². The van der Waals surface area contributed by atoms with Crippen molar-refractivity contribution in [2.24, 2.45) is 5.73 Å². The average Bonchev–Trinajstić information content (AvgIpc) is 2.54. The molecule has 120 valence electrons. The van der Waals surface area contributed by atoms with Crippen molar-refractivity contribution in [3.8, 4) is 0 Å². The van der Waals surface area contributed by atoms with Crippen LogP contribution >= 0.6 is 0 Å². The van der Waals surface area contributed by atoms with Crippen LogP contribution in [-0.4, -0.2) is 68.2 Å². The van der Waals surface area contributed by atoms with Gasteiger partial charge >= 0.3 is 0 Å². The van der Waals surface area contributed by atoms with Crippen LogP contribution in [0, 0.1) is 0 Å². The number of carbonyl (C=O) groups is 2. The van der Waals surface area contributed by atoms with Crippen molar-refractivity contribution in [1.82, 2.24) is 15.5 Å². The Morgan fingerprint density at radius 3 is 2.95 bits per heavy atom. The molecular weight excluding hydrogens is 272 g/mol. The van der Waals surface area contributed by atoms with E-state index in [1.807, 2.05) is 4.90 Å². The second kappa shape index (κ2) is 8.31. The first-order valence-electron chi connectivity index (χ1n) is 7.82. The summed E-state index contributed by atoms with van der Waals surface area (Å²) in [6.07, 6.45) is 2.97. The molecule has 0 aliphatic carbocycles. The quantitative estimate of drug-likeness (QED) is 0.594. The van der Waals surface area contributed by atoms with Gasteiger partial charge in [-0.15, -0.1) is 0 Å². The number of hydrogen-bond acceptors (Lipinski definition) is 5. The maximum atomic E-state index is 12.6. The lowest BCUT2D eigenvalue weighted by molar-refractivity contribution is -0.149. The number of hydrogen-bond donors (Lipinski definition) is 3. The predicted octanol–water partition coefficient (Wildman–Crippen LogP) is -1.18. The van der Waals surface area contributed by atoms with Gasteiger partial charge in [-0.1, -0.05) is 0 Å². The highest BCUT2D eigenvalue weighted by molar-refractivity contribution is 5.82. The first kappa shape index (κ1) is 16.2. The second-order valence-corrected chi connectivity index (χ2v) is 5.59. The maximum absolute atomic E-state index is 12.6. The molecular formula is C14H26N4O3. The minimum Gasteiger partial charge on any atom is -0.366 e. The molecule has 21 heavy (non-hydrogen) atoms. The fourth-order valence-corrected chi connectivity index (χ4v) is 2.86. The molecule has 0 bridgehead atoms. The van der Waals surface area contributed by atoms with Crippen molar-refractivity contribution in [3.63, 3.8) is 0 Å². The van der Waals surface area contributed by atoms with Crippen LogP contribution in [0.4, 0.5) is 0 Å². The van der Waals surface area contributed by atoms with E-state index < -0.39 is 0 Å². The zero-order chi connectivity index (χ0) is 15.1. The third-order valence-corrected chi connectivity index (χ3v) is 4.02. The summed E-state index contributed by atoms with van der Waals surface area (Å²) in [6, 6.07) is 0.0681. The Morgan fingerprint density at radius 2 is 2.24 bits per heavy atom. The van der Waals surface area contributed by atoms with E-state index in [0.717, 1.165) is 32.4 Å². The molecule has 7 nitrogen and oxygen atoms in total. The smallest absolute Gasteiger partial charge is 0.253 e. The van der Waals surface area contributed by atoms with E-state index in [4.69, 9.17) is 10.5 Å². The number of rotatable bonds is 5. The summed E-state index contributed by atoms with van der Waals surface area (Å²) in [5.41, 5.74) is 5.36. The SMILES string of the molecule is NCCC(=O)NCC1CCCCN1C(=O)[C@H]1CNCCO1. The molecule has 2 atom stereocenters. The standard InChI is InChI=1S/C14H26N4O3/c15-5-4-13(19)17-9-11-3-1-2-7-18(11)14(20)12-10-16-6-8-21-12/h11-12,16H,1-10,15H2,(H,17,19)/t11?,12-/m1/s1. The number of carbonyl (C=O) groups excluding carboxylic acids is 2. The lowest BCUT2D eigenvalue weighted by Gasteiger charge is -2.38. The summed E-state index contributed by atoms with van der Waals surface area (Å²) < 4.78 is 5.55. The van der Waals surface area contributed by atoms with Crippen LogP contribution in [0.25, 0.3) is 0 Å². The highest BCUT2D eigenvalue weighted by Gasteiger charge is 2.32. The highest BCUT2D eigenvalue weighted by Crippen LogP contribution is 2.18. The number of piperidine rings is 1. The Bertz CT molecular complexity index is 358. The molecule has 0 aromatic carbocycles. The van der Waals surface area contributed by atoms with Gasteiger partial charge in [0, 0.05) is 45.2 Å². The molecule has 4 N–H and O–H groups in total. The zero-order valence-corrected chi connectivity index (χ0v) is 12.5. The van der Waals surface area contributed by atoms with Crippen molar-refractivity contribution < 1.29 is 14.3 Å². The zero-order valence-electron chi connectivity index (χ0n) is 12.5. The van der Waals surface area contributed by atoms with E-state index in [9.17, 15) is 9.59 Å². The minimum absolute atomic E-state index is 0.0416. The molecule has 2 fully saturated rings. The Kier molecular flexibility index (Phi) is 6.41. The van der Waals surface area contributed by atoms with Gasteiger partial charge in [-0.3, -0.25) is 9.59 Å². The Labute approximate surface area is 125 Å². The van der Waals surface area contributed by atoms with Crippen LogP contribution in [-0.2, 0) is 14.3 Å². The van der Waals surface area contributed by atoms with Crippen LogP contribution in [0.3, 0.4) is 0 Å². The van der Waals surface area contributed by atoms with Crippen molar-refractivity contribution in [3.05, 3.63) is 0 Å². The summed E-state index contributed by atoms with van der Waals surface area (Å²) in [5.74, 6) is -0.00831. The van der Waals surface area contributed by atoms with Crippen LogP contribution in [0.5, 0.6) is 0 Å². The molecule has 0 radical (unpaired) electrons. The van der Waals surface area contributed by atoms with E-state index in [1.165, 1.54) is 0 Å². The van der Waals surface area contributed by atoms with Crippen LogP contribution in [0.2, 0.25) is 0 Å². The van der Waals surface area contributed by atoms with Gasteiger partial charge in [-0.2, -0.15) is 0 Å². The van der Waals surface area contributed by atoms with Gasteiger partial charge in [0.15, 0.2) is 0 Å². The van der Waals surface area contributed by atoms with E-state index in [1.54, 1.807) is 0 Å². The molecule has 2 aliphatic rings. The van der Waals surface area contributed by atoms with Gasteiger partial charge < -0.3 is 26.0 Å². The summed E-state index contributed by atoms with van der Waals surface area (Å²) in [4.78, 5) is 26.0. The fraction of sp³-hybridized carbons (Fsp3) is 0.857. The normalized spacial score (nSPS) is 26.4. The second-order valence-electron chi connectivity index (χ2n) is 5.59. The maximum Gasteiger partial charge on any atom is 0.253 e. The summed E-state index contributed by atoms with van der Waals surface area (Å²) in [6.45, 7) is 3.54. The number of likely N-dealkylation sites (tertiary alicyclic amines) is 1. The van der Waals surface area contributed by atoms with Crippen LogP contribution < -0.4 is 16.4 Å². The first-order chi connectivity index (χ1) is 10.2. The molecule has 2 aliphatic heterocycles. The minimum atomic E-state index is -0.390. The van der Waals surface area contributed by atoms with Gasteiger partial charge in [-0.25, -0.2) is 0 Å². The molecule has 2 rings (SSSR count). The lowest BCUT2D eigenvalue weighted by atomic mass is 10.0. The van der Waals surface area contributed by atoms with Crippen LogP contribution in [0.15, 0.2) is 0 Å². The summed E-state index contributed by atoms with van der Waals surface area (Å²) in [5, 5.41) is 6.05. The van der Waals surface area contributed by atoms with Crippen LogP contribution in [0.1, 0.15) is 25.7 Å². The lowest BCUT2D eigenvalue weighted by Crippen LogP contribution is -2.56. The van der Waals surface area contributed by atoms with E-state index >= 15 is 0 Å². The van der Waals surface area contributed by atoms with Gasteiger partial charge in [0.05, 0.1) is 6.61 Å². The molecule has 2 amide bonds. The van der Waals surface area contributed by atoms with E-state index in [0.29, 0.717) is 32.7 Å². The third-order valence-electron chi connectivity index (χ3n) is 4.02. The highest BCUT2D eigenvalue weighted by atomic mass is 16.5. The number of ether oxygens (including phenoxy) is 1. The molecule has 0 spiro atoms. The molecule has 7 heteroatoms. The predicted molar refractivity (Wildman–Crippen MR) is 78.6 cm³/mol. The molecule has 2 saturated heterocycles. The van der Waals surface area contributed by atoms with Crippen molar-refractivity contribution in [2.75, 3.05) is 39.3 Å². The number of nitrogens with one attached hydrogen (secondary N) is 2. The fourth-order valence-electron chi connectivity index (χ4n) is 2.86. The molecule has 0 saturated carbocycles. The average molecular weight is 298 g/mol. The molecule has 1 unspecified atom stereocenters. The third kappa shape index (κ3) is 4.66. The number of amides is 2. The number of nitrogens with zero attached hydrogens (tertiary/aromatic N) is 1. The summed E-state index contributed by atoms with van der Waals surface area (Å²) in [7, 11) is 0. The van der Waals surface area contributed by atoms with Crippen molar-refractivity contribution in [2.45, 2.75) is 37.8 Å². The topological polar surface area (TPSA) is 96.7 Å². The van der Waals surface area contributed by atoms with Gasteiger partial charge in [0.2, 0.25) is 5.91 Å². The Morgan fingerprint density at radius 1 is 1.38 bits per heavy atom. The Hall–Kier alpha value is -1.18. The monoisotopic (exact) mass is 298 g/mol. The van der Waals surface area contributed by atoms with Gasteiger partial charge in [0.25, 0.3) is 5.91 Å². The number of morpholine rings is 1.